The first-order valence-electron chi connectivity index (χ1n) is 6.60. The zero-order valence-corrected chi connectivity index (χ0v) is 13.3. The molecule has 0 saturated carbocycles. The molecular formula is C13H23BrN4. The van der Waals surface area contributed by atoms with Crippen molar-refractivity contribution in [2.24, 2.45) is 7.05 Å². The van der Waals surface area contributed by atoms with E-state index in [1.165, 1.54) is 5.69 Å². The molecule has 5 heteroatoms. The summed E-state index contributed by atoms with van der Waals surface area (Å²) in [5.74, 6) is 0. The number of hydrogen-bond acceptors (Lipinski definition) is 3. The minimum absolute atomic E-state index is 0.248. The van der Waals surface area contributed by atoms with Gasteiger partial charge < -0.3 is 5.32 Å². The molecule has 1 aliphatic rings. The molecule has 0 bridgehead atoms. The third-order valence-corrected chi connectivity index (χ3v) is 5.00. The average Bonchev–Trinajstić information content (AvgIpc) is 2.56. The second-order valence-electron chi connectivity index (χ2n) is 5.52. The summed E-state index contributed by atoms with van der Waals surface area (Å²) < 4.78 is 3.15. The lowest BCUT2D eigenvalue weighted by atomic mass is 9.96. The molecule has 2 rings (SSSR count). The molecule has 0 aliphatic carbocycles. The van der Waals surface area contributed by atoms with Crippen LogP contribution in [0.15, 0.2) is 4.47 Å². The smallest absolute Gasteiger partial charge is 0.0739 e. The third kappa shape index (κ3) is 2.78. The van der Waals surface area contributed by atoms with Crippen molar-refractivity contribution in [2.75, 3.05) is 19.6 Å². The highest BCUT2D eigenvalue weighted by molar-refractivity contribution is 9.10. The van der Waals surface area contributed by atoms with Crippen LogP contribution in [0.3, 0.4) is 0 Å². The molecule has 1 fully saturated rings. The maximum atomic E-state index is 4.46. The number of piperazine rings is 1. The largest absolute Gasteiger partial charge is 0.309 e. The standard InChI is InChI=1S/C13H23BrN4/c1-5-13(3)9-18(7-6-15-13)8-11-12(14)10(2)16-17(11)4/h15H,5-9H2,1-4H3. The molecule has 1 aromatic rings. The summed E-state index contributed by atoms with van der Waals surface area (Å²) in [6.45, 7) is 10.8. The van der Waals surface area contributed by atoms with Gasteiger partial charge in [0.15, 0.2) is 0 Å². The molecule has 102 valence electrons. The number of rotatable bonds is 3. The molecule has 0 radical (unpaired) electrons. The van der Waals surface area contributed by atoms with Crippen molar-refractivity contribution in [3.63, 3.8) is 0 Å². The first-order valence-corrected chi connectivity index (χ1v) is 7.40. The van der Waals surface area contributed by atoms with Crippen LogP contribution in [0.5, 0.6) is 0 Å². The fourth-order valence-corrected chi connectivity index (χ4v) is 3.04. The van der Waals surface area contributed by atoms with E-state index in [2.05, 4.69) is 45.1 Å². The highest BCUT2D eigenvalue weighted by Crippen LogP contribution is 2.23. The molecule has 0 spiro atoms. The second-order valence-corrected chi connectivity index (χ2v) is 6.31. The van der Waals surface area contributed by atoms with Gasteiger partial charge in [-0.15, -0.1) is 0 Å². The summed E-state index contributed by atoms with van der Waals surface area (Å²) in [5.41, 5.74) is 2.59. The van der Waals surface area contributed by atoms with Crippen LogP contribution in [0.4, 0.5) is 0 Å². The SMILES string of the molecule is CCC1(C)CN(Cc2c(Br)c(C)nn2C)CCN1. The van der Waals surface area contributed by atoms with Gasteiger partial charge in [-0.2, -0.15) is 5.10 Å². The average molecular weight is 315 g/mol. The van der Waals surface area contributed by atoms with Gasteiger partial charge in [0.2, 0.25) is 0 Å². The topological polar surface area (TPSA) is 33.1 Å². The van der Waals surface area contributed by atoms with Crippen molar-refractivity contribution in [1.82, 2.24) is 20.0 Å². The molecule has 1 aliphatic heterocycles. The number of nitrogens with zero attached hydrogens (tertiary/aromatic N) is 3. The minimum atomic E-state index is 0.248. The number of aromatic nitrogens is 2. The normalized spacial score (nSPS) is 25.6. The van der Waals surface area contributed by atoms with Crippen LogP contribution in [0.2, 0.25) is 0 Å². The van der Waals surface area contributed by atoms with Gasteiger partial charge in [0, 0.05) is 38.8 Å². The van der Waals surface area contributed by atoms with Crippen LogP contribution < -0.4 is 5.32 Å². The van der Waals surface area contributed by atoms with Gasteiger partial charge in [-0.1, -0.05) is 6.92 Å². The van der Waals surface area contributed by atoms with Crippen LogP contribution >= 0.6 is 15.9 Å². The van der Waals surface area contributed by atoms with Gasteiger partial charge in [-0.3, -0.25) is 9.58 Å². The molecule has 1 aromatic heterocycles. The lowest BCUT2D eigenvalue weighted by Crippen LogP contribution is -2.58. The number of aryl methyl sites for hydroxylation is 2. The molecule has 0 aromatic carbocycles. The molecule has 1 N–H and O–H groups in total. The molecular weight excluding hydrogens is 292 g/mol. The molecule has 1 atom stereocenters. The highest BCUT2D eigenvalue weighted by atomic mass is 79.9. The summed E-state index contributed by atoms with van der Waals surface area (Å²) in [6, 6.07) is 0. The van der Waals surface area contributed by atoms with E-state index in [-0.39, 0.29) is 5.54 Å². The summed E-state index contributed by atoms with van der Waals surface area (Å²) in [7, 11) is 2.02. The first-order chi connectivity index (χ1) is 8.45. The zero-order chi connectivity index (χ0) is 13.3. The van der Waals surface area contributed by atoms with Crippen molar-refractivity contribution in [3.05, 3.63) is 15.9 Å². The Labute approximate surface area is 118 Å². The van der Waals surface area contributed by atoms with Gasteiger partial charge in [-0.25, -0.2) is 0 Å². The lowest BCUT2D eigenvalue weighted by molar-refractivity contribution is 0.131. The molecule has 0 amide bonds. The molecule has 1 unspecified atom stereocenters. The number of halogens is 1. The first kappa shape index (κ1) is 14.0. The van der Waals surface area contributed by atoms with Crippen molar-refractivity contribution >= 4 is 15.9 Å². The third-order valence-electron chi connectivity index (χ3n) is 3.97. The van der Waals surface area contributed by atoms with Crippen molar-refractivity contribution in [2.45, 2.75) is 39.3 Å². The Morgan fingerprint density at radius 2 is 2.22 bits per heavy atom. The Balaban J connectivity index is 2.09. The van der Waals surface area contributed by atoms with Crippen LogP contribution in [-0.4, -0.2) is 39.9 Å². The Morgan fingerprint density at radius 3 is 2.78 bits per heavy atom. The number of nitrogens with one attached hydrogen (secondary N) is 1. The van der Waals surface area contributed by atoms with Gasteiger partial charge in [0.1, 0.15) is 0 Å². The van der Waals surface area contributed by atoms with E-state index >= 15 is 0 Å². The van der Waals surface area contributed by atoms with Crippen LogP contribution in [0, 0.1) is 6.92 Å². The van der Waals surface area contributed by atoms with Crippen LogP contribution in [0.25, 0.3) is 0 Å². The highest BCUT2D eigenvalue weighted by Gasteiger charge is 2.29. The minimum Gasteiger partial charge on any atom is -0.309 e. The van der Waals surface area contributed by atoms with Crippen LogP contribution in [-0.2, 0) is 13.6 Å². The van der Waals surface area contributed by atoms with E-state index in [9.17, 15) is 0 Å². The summed E-state index contributed by atoms with van der Waals surface area (Å²) in [4.78, 5) is 2.52. The Hall–Kier alpha value is -0.390. The Morgan fingerprint density at radius 1 is 1.50 bits per heavy atom. The fraction of sp³-hybridized carbons (Fsp3) is 0.769. The summed E-state index contributed by atoms with van der Waals surface area (Å²) in [6.07, 6.45) is 1.16. The molecule has 2 heterocycles. The van der Waals surface area contributed by atoms with E-state index in [1.807, 2.05) is 18.7 Å². The molecule has 18 heavy (non-hydrogen) atoms. The molecule has 1 saturated heterocycles. The van der Waals surface area contributed by atoms with E-state index in [4.69, 9.17) is 0 Å². The maximum Gasteiger partial charge on any atom is 0.0739 e. The van der Waals surface area contributed by atoms with Gasteiger partial charge in [-0.05, 0) is 36.2 Å². The zero-order valence-electron chi connectivity index (χ0n) is 11.8. The van der Waals surface area contributed by atoms with Crippen molar-refractivity contribution in [1.29, 1.82) is 0 Å². The van der Waals surface area contributed by atoms with Crippen LogP contribution in [0.1, 0.15) is 31.7 Å². The maximum absolute atomic E-state index is 4.46. The van der Waals surface area contributed by atoms with E-state index in [0.717, 1.165) is 42.8 Å². The van der Waals surface area contributed by atoms with Crippen molar-refractivity contribution in [3.8, 4) is 0 Å². The predicted molar refractivity (Wildman–Crippen MR) is 77.6 cm³/mol. The van der Waals surface area contributed by atoms with E-state index in [1.54, 1.807) is 0 Å². The monoisotopic (exact) mass is 314 g/mol. The van der Waals surface area contributed by atoms with Crippen molar-refractivity contribution < 1.29 is 0 Å². The Bertz CT molecular complexity index is 429. The van der Waals surface area contributed by atoms with Gasteiger partial charge >= 0.3 is 0 Å². The summed E-state index contributed by atoms with van der Waals surface area (Å²) >= 11 is 3.65. The number of hydrogen-bond donors (Lipinski definition) is 1. The second kappa shape index (κ2) is 5.31. The van der Waals surface area contributed by atoms with E-state index < -0.39 is 0 Å². The predicted octanol–water partition coefficient (Wildman–Crippen LogP) is 2.06. The lowest BCUT2D eigenvalue weighted by Gasteiger charge is -2.41. The Kier molecular flexibility index (Phi) is 4.14. The van der Waals surface area contributed by atoms with Gasteiger partial charge in [0.25, 0.3) is 0 Å². The summed E-state index contributed by atoms with van der Waals surface area (Å²) in [5, 5.41) is 8.08. The van der Waals surface area contributed by atoms with Gasteiger partial charge in [0.05, 0.1) is 15.9 Å². The molecule has 4 nitrogen and oxygen atoms in total. The quantitative estimate of drug-likeness (QED) is 0.927. The van der Waals surface area contributed by atoms with E-state index in [0.29, 0.717) is 0 Å². The fourth-order valence-electron chi connectivity index (χ4n) is 2.58.